The summed E-state index contributed by atoms with van der Waals surface area (Å²) in [7, 11) is 0. The Morgan fingerprint density at radius 2 is 2.22 bits per heavy atom. The lowest BCUT2D eigenvalue weighted by molar-refractivity contribution is -0.137. The number of benzene rings is 1. The minimum absolute atomic E-state index is 0.0501. The summed E-state index contributed by atoms with van der Waals surface area (Å²) in [5.74, 6) is 0.740. The number of halogens is 1. The third-order valence-corrected chi connectivity index (χ3v) is 3.60. The highest BCUT2D eigenvalue weighted by molar-refractivity contribution is 9.10. The molecule has 0 saturated carbocycles. The van der Waals surface area contributed by atoms with Gasteiger partial charge in [0, 0.05) is 23.1 Å². The van der Waals surface area contributed by atoms with Crippen molar-refractivity contribution in [2.45, 2.75) is 6.10 Å². The lowest BCUT2D eigenvalue weighted by Gasteiger charge is -2.36. The molecule has 0 spiro atoms. The van der Waals surface area contributed by atoms with Crippen LogP contribution in [-0.4, -0.2) is 41.7 Å². The van der Waals surface area contributed by atoms with Gasteiger partial charge in [-0.3, -0.25) is 4.79 Å². The van der Waals surface area contributed by atoms with Crippen molar-refractivity contribution in [3.05, 3.63) is 33.8 Å². The van der Waals surface area contributed by atoms with E-state index in [0.29, 0.717) is 25.3 Å². The van der Waals surface area contributed by atoms with Crippen LogP contribution in [0.5, 0.6) is 5.75 Å². The van der Waals surface area contributed by atoms with E-state index in [1.54, 1.807) is 4.90 Å². The summed E-state index contributed by atoms with van der Waals surface area (Å²) in [6.45, 7) is 1.13. The molecule has 0 atom stereocenters. The zero-order chi connectivity index (χ0) is 12.7. The van der Waals surface area contributed by atoms with Gasteiger partial charge in [-0.15, -0.1) is 0 Å². The molecule has 0 radical (unpaired) electrons. The standard InChI is InChI=1S/C13H12BrNO3/c14-10-1-2-12-8(4-10)3-9(7-18-12)13(17)15-5-11(16)6-15/h1-4,11,16H,5-7H2. The van der Waals surface area contributed by atoms with Gasteiger partial charge in [0.2, 0.25) is 0 Å². The number of rotatable bonds is 1. The summed E-state index contributed by atoms with van der Waals surface area (Å²) in [5.41, 5.74) is 1.53. The molecule has 1 aromatic carbocycles. The summed E-state index contributed by atoms with van der Waals surface area (Å²) in [4.78, 5) is 13.7. The maximum absolute atomic E-state index is 12.1. The smallest absolute Gasteiger partial charge is 0.253 e. The Balaban J connectivity index is 1.84. The number of amides is 1. The van der Waals surface area contributed by atoms with Crippen LogP contribution in [-0.2, 0) is 4.79 Å². The van der Waals surface area contributed by atoms with Crippen LogP contribution < -0.4 is 4.74 Å². The molecule has 2 aliphatic heterocycles. The van der Waals surface area contributed by atoms with E-state index >= 15 is 0 Å². The number of nitrogens with zero attached hydrogens (tertiary/aromatic N) is 1. The van der Waals surface area contributed by atoms with Crippen LogP contribution in [0.4, 0.5) is 0 Å². The van der Waals surface area contributed by atoms with E-state index in [2.05, 4.69) is 15.9 Å². The van der Waals surface area contributed by atoms with E-state index in [1.165, 1.54) is 0 Å². The van der Waals surface area contributed by atoms with Gasteiger partial charge in [-0.2, -0.15) is 0 Å². The Labute approximate surface area is 113 Å². The van der Waals surface area contributed by atoms with E-state index in [9.17, 15) is 9.90 Å². The van der Waals surface area contributed by atoms with Gasteiger partial charge >= 0.3 is 0 Å². The summed E-state index contributed by atoms with van der Waals surface area (Å²) >= 11 is 3.40. The van der Waals surface area contributed by atoms with E-state index in [-0.39, 0.29) is 12.0 Å². The molecule has 18 heavy (non-hydrogen) atoms. The number of aliphatic hydroxyl groups excluding tert-OH is 1. The number of likely N-dealkylation sites (tertiary alicyclic amines) is 1. The quantitative estimate of drug-likeness (QED) is 0.854. The molecule has 1 fully saturated rings. The van der Waals surface area contributed by atoms with Crippen LogP contribution in [0.3, 0.4) is 0 Å². The van der Waals surface area contributed by atoms with Crippen molar-refractivity contribution in [3.63, 3.8) is 0 Å². The molecule has 3 rings (SSSR count). The van der Waals surface area contributed by atoms with Gasteiger partial charge in [0.15, 0.2) is 0 Å². The van der Waals surface area contributed by atoms with Crippen LogP contribution in [0.1, 0.15) is 5.56 Å². The molecule has 1 saturated heterocycles. The molecule has 1 N–H and O–H groups in total. The Bertz CT molecular complexity index is 535. The highest BCUT2D eigenvalue weighted by Gasteiger charge is 2.31. The second-order valence-corrected chi connectivity index (χ2v) is 5.42. The van der Waals surface area contributed by atoms with Crippen molar-refractivity contribution in [3.8, 4) is 5.75 Å². The molecule has 0 aromatic heterocycles. The fourth-order valence-electron chi connectivity index (χ4n) is 2.10. The molecule has 1 aromatic rings. The first-order chi connectivity index (χ1) is 8.63. The van der Waals surface area contributed by atoms with Gasteiger partial charge in [0.1, 0.15) is 12.4 Å². The molecule has 2 aliphatic rings. The molecule has 0 aliphatic carbocycles. The van der Waals surface area contributed by atoms with Crippen LogP contribution in [0.25, 0.3) is 6.08 Å². The van der Waals surface area contributed by atoms with Crippen molar-refractivity contribution in [1.29, 1.82) is 0 Å². The minimum Gasteiger partial charge on any atom is -0.488 e. The average Bonchev–Trinajstić information content (AvgIpc) is 2.33. The maximum atomic E-state index is 12.1. The monoisotopic (exact) mass is 309 g/mol. The Morgan fingerprint density at radius 3 is 2.94 bits per heavy atom. The number of hydrogen-bond donors (Lipinski definition) is 1. The second kappa shape index (κ2) is 4.40. The Kier molecular flexibility index (Phi) is 2.87. The van der Waals surface area contributed by atoms with Gasteiger partial charge in [-0.1, -0.05) is 15.9 Å². The number of β-amino-alcohol motifs (C(OH)–C–C–N with tert-alkyl or cyclic N) is 1. The summed E-state index contributed by atoms with van der Waals surface area (Å²) in [6.07, 6.45) is 1.48. The Hall–Kier alpha value is -1.33. The first-order valence-electron chi connectivity index (χ1n) is 5.74. The van der Waals surface area contributed by atoms with Gasteiger partial charge in [-0.25, -0.2) is 0 Å². The lowest BCUT2D eigenvalue weighted by atomic mass is 10.0. The van der Waals surface area contributed by atoms with Crippen LogP contribution >= 0.6 is 15.9 Å². The van der Waals surface area contributed by atoms with Crippen molar-refractivity contribution in [2.75, 3.05) is 19.7 Å². The van der Waals surface area contributed by atoms with Gasteiger partial charge in [-0.05, 0) is 24.3 Å². The number of hydrogen-bond acceptors (Lipinski definition) is 3. The third-order valence-electron chi connectivity index (χ3n) is 3.11. The predicted octanol–water partition coefficient (Wildman–Crippen LogP) is 1.43. The summed E-state index contributed by atoms with van der Waals surface area (Å²) < 4.78 is 6.51. The third kappa shape index (κ3) is 2.04. The minimum atomic E-state index is -0.375. The van der Waals surface area contributed by atoms with Crippen LogP contribution in [0.15, 0.2) is 28.2 Å². The predicted molar refractivity (Wildman–Crippen MR) is 70.2 cm³/mol. The number of carbonyl (C=O) groups is 1. The zero-order valence-corrected chi connectivity index (χ0v) is 11.2. The Morgan fingerprint density at radius 1 is 1.44 bits per heavy atom. The molecule has 94 valence electrons. The van der Waals surface area contributed by atoms with E-state index in [1.807, 2.05) is 24.3 Å². The lowest BCUT2D eigenvalue weighted by Crippen LogP contribution is -2.54. The van der Waals surface area contributed by atoms with E-state index in [0.717, 1.165) is 15.8 Å². The van der Waals surface area contributed by atoms with E-state index < -0.39 is 0 Å². The highest BCUT2D eigenvalue weighted by atomic mass is 79.9. The largest absolute Gasteiger partial charge is 0.488 e. The normalized spacial score (nSPS) is 18.6. The van der Waals surface area contributed by atoms with Crippen molar-refractivity contribution < 1.29 is 14.6 Å². The second-order valence-electron chi connectivity index (χ2n) is 4.50. The van der Waals surface area contributed by atoms with Gasteiger partial charge in [0.25, 0.3) is 5.91 Å². The fraction of sp³-hybridized carbons (Fsp3) is 0.308. The molecule has 0 unspecified atom stereocenters. The maximum Gasteiger partial charge on any atom is 0.253 e. The topological polar surface area (TPSA) is 49.8 Å². The number of fused-ring (bicyclic) bond motifs is 1. The summed E-state index contributed by atoms with van der Waals surface area (Å²) in [5, 5.41) is 9.21. The van der Waals surface area contributed by atoms with Crippen LogP contribution in [0, 0.1) is 0 Å². The van der Waals surface area contributed by atoms with E-state index in [4.69, 9.17) is 4.74 Å². The average molecular weight is 310 g/mol. The first-order valence-corrected chi connectivity index (χ1v) is 6.53. The number of carbonyl (C=O) groups excluding carboxylic acids is 1. The molecule has 0 bridgehead atoms. The van der Waals surface area contributed by atoms with Gasteiger partial charge in [0.05, 0.1) is 11.7 Å². The van der Waals surface area contributed by atoms with Crippen molar-refractivity contribution in [1.82, 2.24) is 4.90 Å². The molecular formula is C13H12BrNO3. The van der Waals surface area contributed by atoms with Crippen molar-refractivity contribution in [2.24, 2.45) is 0 Å². The molecule has 5 heteroatoms. The number of aliphatic hydroxyl groups is 1. The first kappa shape index (κ1) is 11.7. The summed E-state index contributed by atoms with van der Waals surface area (Å²) in [6, 6.07) is 5.71. The fourth-order valence-corrected chi connectivity index (χ4v) is 2.47. The zero-order valence-electron chi connectivity index (χ0n) is 9.60. The highest BCUT2D eigenvalue weighted by Crippen LogP contribution is 2.30. The van der Waals surface area contributed by atoms with Crippen molar-refractivity contribution >= 4 is 27.9 Å². The SMILES string of the molecule is O=C(C1=Cc2cc(Br)ccc2OC1)N1CC(O)C1. The molecule has 4 nitrogen and oxygen atoms in total. The van der Waals surface area contributed by atoms with Gasteiger partial charge < -0.3 is 14.7 Å². The molecular weight excluding hydrogens is 298 g/mol. The molecule has 1 amide bonds. The number of ether oxygens (including phenoxy) is 1. The van der Waals surface area contributed by atoms with Crippen LogP contribution in [0.2, 0.25) is 0 Å². The molecule has 2 heterocycles.